The minimum Gasteiger partial charge on any atom is -0.440 e. The van der Waals surface area contributed by atoms with Crippen molar-refractivity contribution in [2.75, 3.05) is 13.2 Å². The van der Waals surface area contributed by atoms with Gasteiger partial charge in [0.2, 0.25) is 0 Å². The largest absolute Gasteiger partial charge is 0.440 e. The topological polar surface area (TPSA) is 29.5 Å². The number of rotatable bonds is 2. The van der Waals surface area contributed by atoms with Crippen LogP contribution in [0.3, 0.4) is 0 Å². The van der Waals surface area contributed by atoms with E-state index in [1.54, 1.807) is 0 Å². The van der Waals surface area contributed by atoms with Gasteiger partial charge in [-0.05, 0) is 25.7 Å². The summed E-state index contributed by atoms with van der Waals surface area (Å²) in [5.41, 5.74) is 0. The van der Waals surface area contributed by atoms with Gasteiger partial charge in [0.15, 0.2) is 6.61 Å². The van der Waals surface area contributed by atoms with Crippen LogP contribution in [0.25, 0.3) is 0 Å². The number of halogens is 3. The lowest BCUT2D eigenvalue weighted by Crippen LogP contribution is -2.44. The summed E-state index contributed by atoms with van der Waals surface area (Å²) in [7, 11) is 0. The van der Waals surface area contributed by atoms with Crippen molar-refractivity contribution in [2.45, 2.75) is 44.8 Å². The van der Waals surface area contributed by atoms with E-state index in [0.717, 1.165) is 25.7 Å². The van der Waals surface area contributed by atoms with Gasteiger partial charge in [0.25, 0.3) is 0 Å². The van der Waals surface area contributed by atoms with Crippen molar-refractivity contribution < 1.29 is 22.7 Å². The Morgan fingerprint density at radius 1 is 1.44 bits per heavy atom. The van der Waals surface area contributed by atoms with Crippen molar-refractivity contribution in [3.63, 3.8) is 0 Å². The van der Waals surface area contributed by atoms with Gasteiger partial charge in [-0.1, -0.05) is 6.92 Å². The number of alkyl halides is 3. The zero-order valence-electron chi connectivity index (χ0n) is 9.22. The summed E-state index contributed by atoms with van der Waals surface area (Å²) in [6.07, 6.45) is -1.85. The first-order valence-corrected chi connectivity index (χ1v) is 5.44. The van der Waals surface area contributed by atoms with E-state index in [0.29, 0.717) is 6.54 Å². The van der Waals surface area contributed by atoms with E-state index in [1.807, 2.05) is 6.92 Å². The molecule has 0 aromatic rings. The Kier molecular flexibility index (Phi) is 4.44. The lowest BCUT2D eigenvalue weighted by Gasteiger charge is -2.34. The van der Waals surface area contributed by atoms with Crippen molar-refractivity contribution in [3.8, 4) is 0 Å². The molecule has 1 aliphatic heterocycles. The van der Waals surface area contributed by atoms with Crippen LogP contribution in [0.2, 0.25) is 0 Å². The molecule has 94 valence electrons. The van der Waals surface area contributed by atoms with Gasteiger partial charge in [-0.15, -0.1) is 0 Å². The summed E-state index contributed by atoms with van der Waals surface area (Å²) in [6, 6.07) is 0.0227. The third-order valence-electron chi connectivity index (χ3n) is 2.69. The van der Waals surface area contributed by atoms with Crippen LogP contribution in [0.5, 0.6) is 0 Å². The van der Waals surface area contributed by atoms with E-state index in [-0.39, 0.29) is 6.04 Å². The molecule has 1 unspecified atom stereocenters. The second-order valence-electron chi connectivity index (χ2n) is 3.92. The number of hydrogen-bond acceptors (Lipinski definition) is 2. The number of nitrogens with zero attached hydrogens (tertiary/aromatic N) is 1. The number of hydrogen-bond donors (Lipinski definition) is 0. The lowest BCUT2D eigenvalue weighted by atomic mass is 10.0. The SMILES string of the molecule is CCC1CCCCN1C(=O)OCC(F)(F)F. The van der Waals surface area contributed by atoms with Gasteiger partial charge in [0, 0.05) is 12.6 Å². The highest BCUT2D eigenvalue weighted by Gasteiger charge is 2.32. The number of likely N-dealkylation sites (tertiary alicyclic amines) is 1. The molecule has 1 heterocycles. The maximum absolute atomic E-state index is 11.9. The first kappa shape index (κ1) is 13.1. The van der Waals surface area contributed by atoms with E-state index in [9.17, 15) is 18.0 Å². The maximum Gasteiger partial charge on any atom is 0.422 e. The predicted molar refractivity (Wildman–Crippen MR) is 52.0 cm³/mol. The van der Waals surface area contributed by atoms with E-state index in [4.69, 9.17) is 0 Å². The number of carbonyl (C=O) groups is 1. The second kappa shape index (κ2) is 5.41. The highest BCUT2D eigenvalue weighted by molar-refractivity contribution is 5.68. The smallest absolute Gasteiger partial charge is 0.422 e. The fraction of sp³-hybridized carbons (Fsp3) is 0.900. The van der Waals surface area contributed by atoms with Crippen molar-refractivity contribution in [2.24, 2.45) is 0 Å². The van der Waals surface area contributed by atoms with Crippen molar-refractivity contribution in [1.29, 1.82) is 0 Å². The molecule has 1 atom stereocenters. The zero-order valence-corrected chi connectivity index (χ0v) is 9.22. The number of carbonyl (C=O) groups excluding carboxylic acids is 1. The molecule has 1 amide bonds. The minimum absolute atomic E-state index is 0.0227. The van der Waals surface area contributed by atoms with Crippen molar-refractivity contribution in [1.82, 2.24) is 4.90 Å². The Morgan fingerprint density at radius 2 is 2.12 bits per heavy atom. The van der Waals surface area contributed by atoms with Crippen LogP contribution in [0.4, 0.5) is 18.0 Å². The molecule has 3 nitrogen and oxygen atoms in total. The van der Waals surface area contributed by atoms with Gasteiger partial charge in [-0.2, -0.15) is 13.2 Å². The van der Waals surface area contributed by atoms with E-state index < -0.39 is 18.9 Å². The average Bonchev–Trinajstić information content (AvgIpc) is 2.25. The Balaban J connectivity index is 2.45. The molecule has 16 heavy (non-hydrogen) atoms. The molecule has 0 N–H and O–H groups in total. The van der Waals surface area contributed by atoms with Crippen LogP contribution < -0.4 is 0 Å². The van der Waals surface area contributed by atoms with Gasteiger partial charge in [0.05, 0.1) is 0 Å². The molecule has 0 aromatic heterocycles. The zero-order chi connectivity index (χ0) is 12.2. The first-order chi connectivity index (χ1) is 7.44. The summed E-state index contributed by atoms with van der Waals surface area (Å²) in [4.78, 5) is 12.8. The number of amides is 1. The third-order valence-corrected chi connectivity index (χ3v) is 2.69. The molecule has 1 fully saturated rings. The van der Waals surface area contributed by atoms with E-state index in [1.165, 1.54) is 4.90 Å². The Labute approximate surface area is 92.5 Å². The normalized spacial score (nSPS) is 22.0. The molecule has 1 rings (SSSR count). The van der Waals surface area contributed by atoms with Crippen molar-refractivity contribution in [3.05, 3.63) is 0 Å². The van der Waals surface area contributed by atoms with Gasteiger partial charge in [-0.3, -0.25) is 0 Å². The quantitative estimate of drug-likeness (QED) is 0.741. The van der Waals surface area contributed by atoms with Crippen LogP contribution >= 0.6 is 0 Å². The third kappa shape index (κ3) is 3.90. The molecule has 0 aliphatic carbocycles. The average molecular weight is 239 g/mol. The van der Waals surface area contributed by atoms with Gasteiger partial charge in [-0.25, -0.2) is 4.79 Å². The number of piperidine rings is 1. The Morgan fingerprint density at radius 3 is 2.69 bits per heavy atom. The minimum atomic E-state index is -4.45. The Hall–Kier alpha value is -0.940. The molecule has 0 spiro atoms. The molecule has 1 aliphatic rings. The molecule has 0 bridgehead atoms. The fourth-order valence-electron chi connectivity index (χ4n) is 1.89. The van der Waals surface area contributed by atoms with Crippen LogP contribution in [0, 0.1) is 0 Å². The Bertz CT molecular complexity index is 243. The molecule has 0 saturated carbocycles. The molecule has 0 aromatic carbocycles. The maximum atomic E-state index is 11.9. The van der Waals surface area contributed by atoms with Crippen LogP contribution in [0.1, 0.15) is 32.6 Å². The lowest BCUT2D eigenvalue weighted by molar-refractivity contribution is -0.163. The summed E-state index contributed by atoms with van der Waals surface area (Å²) in [6.45, 7) is 0.911. The van der Waals surface area contributed by atoms with Crippen LogP contribution in [-0.4, -0.2) is 36.4 Å². The molecular weight excluding hydrogens is 223 g/mol. The summed E-state index contributed by atoms with van der Waals surface area (Å²) in [5.74, 6) is 0. The summed E-state index contributed by atoms with van der Waals surface area (Å²) >= 11 is 0. The summed E-state index contributed by atoms with van der Waals surface area (Å²) < 4.78 is 39.8. The van der Waals surface area contributed by atoms with E-state index in [2.05, 4.69) is 4.74 Å². The molecular formula is C10H16F3NO2. The number of ether oxygens (including phenoxy) is 1. The van der Waals surface area contributed by atoms with Gasteiger partial charge in [0.1, 0.15) is 0 Å². The van der Waals surface area contributed by atoms with E-state index >= 15 is 0 Å². The van der Waals surface area contributed by atoms with Gasteiger partial charge >= 0.3 is 12.3 Å². The highest BCUT2D eigenvalue weighted by atomic mass is 19.4. The predicted octanol–water partition coefficient (Wildman–Crippen LogP) is 2.95. The van der Waals surface area contributed by atoms with Crippen LogP contribution in [-0.2, 0) is 4.74 Å². The van der Waals surface area contributed by atoms with Crippen LogP contribution in [0.15, 0.2) is 0 Å². The first-order valence-electron chi connectivity index (χ1n) is 5.44. The standard InChI is InChI=1S/C10H16F3NO2/c1-2-8-5-3-4-6-14(8)9(15)16-7-10(11,12)13/h8H,2-7H2,1H3. The highest BCUT2D eigenvalue weighted by Crippen LogP contribution is 2.21. The molecule has 1 saturated heterocycles. The van der Waals surface area contributed by atoms with Crippen molar-refractivity contribution >= 4 is 6.09 Å². The summed E-state index contributed by atoms with van der Waals surface area (Å²) in [5, 5.41) is 0. The van der Waals surface area contributed by atoms with Gasteiger partial charge < -0.3 is 9.64 Å². The monoisotopic (exact) mass is 239 g/mol. The second-order valence-corrected chi connectivity index (χ2v) is 3.92. The molecule has 6 heteroatoms. The molecule has 0 radical (unpaired) electrons. The fourth-order valence-corrected chi connectivity index (χ4v) is 1.89.